The number of hydrogen-bond acceptors (Lipinski definition) is 5. The average molecular weight is 820 g/mol. The van der Waals surface area contributed by atoms with Crippen molar-refractivity contribution < 1.29 is 24.5 Å². The van der Waals surface area contributed by atoms with E-state index in [2.05, 4.69) is 38.2 Å². The molecule has 6 nitrogen and oxygen atoms in total. The van der Waals surface area contributed by atoms with Crippen LogP contribution in [0.1, 0.15) is 284 Å². The van der Waals surface area contributed by atoms with E-state index >= 15 is 0 Å². The van der Waals surface area contributed by atoms with Crippen molar-refractivity contribution in [3.8, 4) is 0 Å². The van der Waals surface area contributed by atoms with Crippen molar-refractivity contribution >= 4 is 11.9 Å². The van der Waals surface area contributed by atoms with Gasteiger partial charge < -0.3 is 20.3 Å². The van der Waals surface area contributed by atoms with E-state index in [0.717, 1.165) is 51.4 Å². The third-order valence-electron chi connectivity index (χ3n) is 12.1. The molecule has 0 saturated carbocycles. The number of hydrogen-bond donors (Lipinski definition) is 3. The van der Waals surface area contributed by atoms with Crippen LogP contribution < -0.4 is 5.32 Å². The summed E-state index contributed by atoms with van der Waals surface area (Å²) in [5, 5.41) is 23.7. The highest BCUT2D eigenvalue weighted by molar-refractivity contribution is 5.77. The molecule has 0 radical (unpaired) electrons. The van der Waals surface area contributed by atoms with Crippen LogP contribution in [-0.2, 0) is 14.3 Å². The number of aliphatic hydroxyl groups is 2. The Kier molecular flexibility index (Phi) is 45.5. The highest BCUT2D eigenvalue weighted by atomic mass is 16.5. The molecule has 58 heavy (non-hydrogen) atoms. The average Bonchev–Trinajstić information content (AvgIpc) is 3.21. The largest absolute Gasteiger partial charge is 0.462 e. The summed E-state index contributed by atoms with van der Waals surface area (Å²) in [6.07, 6.45) is 51.4. The fourth-order valence-electron chi connectivity index (χ4n) is 8.13. The smallest absolute Gasteiger partial charge is 0.306 e. The van der Waals surface area contributed by atoms with Crippen LogP contribution in [0.2, 0.25) is 0 Å². The molecule has 0 fully saturated rings. The number of amides is 1. The van der Waals surface area contributed by atoms with Crippen LogP contribution in [-0.4, -0.2) is 46.9 Å². The van der Waals surface area contributed by atoms with Gasteiger partial charge in [-0.05, 0) is 51.4 Å². The minimum atomic E-state index is -0.782. The highest BCUT2D eigenvalue weighted by Crippen LogP contribution is 2.18. The zero-order valence-electron chi connectivity index (χ0n) is 39.2. The SMILES string of the molecule is CCCCCCCCC/C=C/CCCCCCCC(=O)OC(CCCCCCCCC)CC(=O)NC(CO)C(O)CCCCCCCCCCCCCCCCCC. The van der Waals surface area contributed by atoms with Gasteiger partial charge in [-0.2, -0.15) is 0 Å². The summed E-state index contributed by atoms with van der Waals surface area (Å²) >= 11 is 0. The van der Waals surface area contributed by atoms with Crippen LogP contribution in [0.5, 0.6) is 0 Å². The number of esters is 1. The van der Waals surface area contributed by atoms with E-state index in [1.165, 1.54) is 186 Å². The number of nitrogens with one attached hydrogen (secondary N) is 1. The first-order valence-corrected chi connectivity index (χ1v) is 25.9. The van der Waals surface area contributed by atoms with Crippen molar-refractivity contribution in [1.29, 1.82) is 0 Å². The monoisotopic (exact) mass is 820 g/mol. The lowest BCUT2D eigenvalue weighted by Gasteiger charge is -2.24. The van der Waals surface area contributed by atoms with E-state index < -0.39 is 18.2 Å². The molecule has 344 valence electrons. The van der Waals surface area contributed by atoms with E-state index in [1.54, 1.807) is 0 Å². The van der Waals surface area contributed by atoms with E-state index in [1.807, 2.05) is 0 Å². The van der Waals surface area contributed by atoms with Crippen molar-refractivity contribution in [2.75, 3.05) is 6.61 Å². The Morgan fingerprint density at radius 3 is 1.22 bits per heavy atom. The zero-order chi connectivity index (χ0) is 42.4. The standard InChI is InChI=1S/C52H101NO5/c1-4-7-10-13-16-18-20-22-24-26-28-30-32-35-38-41-44-50(55)49(47-54)53-51(56)46-48(43-40-37-34-15-12-9-6-3)58-52(57)45-42-39-36-33-31-29-27-25-23-21-19-17-14-11-8-5-2/h25,27,48-50,54-55H,4-24,26,28-47H2,1-3H3,(H,53,56)/b27-25+. The van der Waals surface area contributed by atoms with Crippen LogP contribution in [0.15, 0.2) is 12.2 Å². The van der Waals surface area contributed by atoms with Gasteiger partial charge in [-0.1, -0.05) is 232 Å². The molecule has 0 heterocycles. The molecule has 3 atom stereocenters. The number of carbonyl (C=O) groups excluding carboxylic acids is 2. The maximum absolute atomic E-state index is 13.1. The lowest BCUT2D eigenvalue weighted by atomic mass is 10.0. The molecule has 0 rings (SSSR count). The highest BCUT2D eigenvalue weighted by Gasteiger charge is 2.24. The topological polar surface area (TPSA) is 95.9 Å². The molecule has 0 bridgehead atoms. The minimum absolute atomic E-state index is 0.0797. The van der Waals surface area contributed by atoms with Gasteiger partial charge in [0, 0.05) is 6.42 Å². The van der Waals surface area contributed by atoms with E-state index in [9.17, 15) is 19.8 Å². The molecular formula is C52H101NO5. The van der Waals surface area contributed by atoms with Gasteiger partial charge >= 0.3 is 5.97 Å². The van der Waals surface area contributed by atoms with Crippen molar-refractivity contribution in [1.82, 2.24) is 5.32 Å². The summed E-state index contributed by atoms with van der Waals surface area (Å²) in [4.78, 5) is 26.0. The van der Waals surface area contributed by atoms with Crippen molar-refractivity contribution in [3.63, 3.8) is 0 Å². The second-order valence-corrected chi connectivity index (χ2v) is 17.9. The number of carbonyl (C=O) groups is 2. The Bertz CT molecular complexity index is 878. The Hall–Kier alpha value is -1.40. The number of aliphatic hydroxyl groups excluding tert-OH is 2. The lowest BCUT2D eigenvalue weighted by molar-refractivity contribution is -0.151. The normalized spacial score (nSPS) is 13.3. The summed E-state index contributed by atoms with van der Waals surface area (Å²) in [7, 11) is 0. The second kappa shape index (κ2) is 46.7. The second-order valence-electron chi connectivity index (χ2n) is 17.9. The molecule has 0 spiro atoms. The Labute approximate surface area is 361 Å². The Morgan fingerprint density at radius 1 is 0.483 bits per heavy atom. The van der Waals surface area contributed by atoms with Crippen LogP contribution in [0.4, 0.5) is 0 Å². The number of unbranched alkanes of at least 4 members (excludes halogenated alkanes) is 33. The molecule has 0 aromatic carbocycles. The maximum atomic E-state index is 13.1. The molecule has 0 aromatic rings. The summed E-state index contributed by atoms with van der Waals surface area (Å²) in [6, 6.07) is -0.695. The molecule has 0 saturated heterocycles. The fraction of sp³-hybridized carbons (Fsp3) is 0.923. The maximum Gasteiger partial charge on any atom is 0.306 e. The van der Waals surface area contributed by atoms with Gasteiger partial charge in [-0.25, -0.2) is 0 Å². The predicted octanol–water partition coefficient (Wildman–Crippen LogP) is 15.3. The first kappa shape index (κ1) is 56.6. The first-order valence-electron chi connectivity index (χ1n) is 25.9. The molecule has 6 heteroatoms. The fourth-order valence-corrected chi connectivity index (χ4v) is 8.13. The molecule has 0 aliphatic heterocycles. The lowest BCUT2D eigenvalue weighted by Crippen LogP contribution is -2.46. The molecule has 0 aliphatic carbocycles. The molecule has 3 N–H and O–H groups in total. The zero-order valence-corrected chi connectivity index (χ0v) is 39.2. The van der Waals surface area contributed by atoms with E-state index in [-0.39, 0.29) is 24.9 Å². The third kappa shape index (κ3) is 41.3. The summed E-state index contributed by atoms with van der Waals surface area (Å²) in [5.41, 5.74) is 0. The first-order chi connectivity index (χ1) is 28.5. The van der Waals surface area contributed by atoms with Crippen LogP contribution >= 0.6 is 0 Å². The van der Waals surface area contributed by atoms with Gasteiger partial charge in [-0.15, -0.1) is 0 Å². The minimum Gasteiger partial charge on any atom is -0.462 e. The summed E-state index contributed by atoms with van der Waals surface area (Å²) in [5.74, 6) is -0.474. The van der Waals surface area contributed by atoms with Gasteiger partial charge in [-0.3, -0.25) is 9.59 Å². The third-order valence-corrected chi connectivity index (χ3v) is 12.1. The molecule has 0 aliphatic rings. The van der Waals surface area contributed by atoms with E-state index in [0.29, 0.717) is 19.3 Å². The van der Waals surface area contributed by atoms with Crippen LogP contribution in [0, 0.1) is 0 Å². The predicted molar refractivity (Wildman–Crippen MR) is 250 cm³/mol. The van der Waals surface area contributed by atoms with Crippen LogP contribution in [0.3, 0.4) is 0 Å². The van der Waals surface area contributed by atoms with Gasteiger partial charge in [0.15, 0.2) is 0 Å². The molecular weight excluding hydrogens is 719 g/mol. The van der Waals surface area contributed by atoms with Crippen LogP contribution in [0.25, 0.3) is 0 Å². The van der Waals surface area contributed by atoms with Gasteiger partial charge in [0.05, 0.1) is 25.2 Å². The van der Waals surface area contributed by atoms with Gasteiger partial charge in [0.2, 0.25) is 5.91 Å². The van der Waals surface area contributed by atoms with E-state index in [4.69, 9.17) is 4.74 Å². The number of rotatable bonds is 47. The summed E-state index contributed by atoms with van der Waals surface area (Å²) < 4.78 is 5.90. The molecule has 0 aromatic heterocycles. The number of ether oxygens (including phenoxy) is 1. The Morgan fingerprint density at radius 2 is 0.828 bits per heavy atom. The summed E-state index contributed by atoms with van der Waals surface area (Å²) in [6.45, 7) is 6.47. The van der Waals surface area contributed by atoms with Crippen molar-refractivity contribution in [3.05, 3.63) is 12.2 Å². The Balaban J connectivity index is 4.32. The quantitative estimate of drug-likeness (QED) is 0.0323. The molecule has 1 amide bonds. The molecule has 3 unspecified atom stereocenters. The van der Waals surface area contributed by atoms with Gasteiger partial charge in [0.1, 0.15) is 6.10 Å². The number of allylic oxidation sites excluding steroid dienone is 2. The van der Waals surface area contributed by atoms with Gasteiger partial charge in [0.25, 0.3) is 0 Å². The van der Waals surface area contributed by atoms with Crippen molar-refractivity contribution in [2.24, 2.45) is 0 Å². The van der Waals surface area contributed by atoms with Crippen molar-refractivity contribution in [2.45, 2.75) is 302 Å².